The van der Waals surface area contributed by atoms with Crippen LogP contribution in [0.15, 0.2) is 114 Å². The summed E-state index contributed by atoms with van der Waals surface area (Å²) in [5.41, 5.74) is -3.58. The number of aromatic amines is 1. The molecule has 0 aliphatic carbocycles. The fraction of sp³-hybridized carbons (Fsp3) is 0.105. The number of hydrogen-bond acceptors (Lipinski definition) is 7. The fourth-order valence-electron chi connectivity index (χ4n) is 4.42. The Balaban J connectivity index is 0.000000213. The van der Waals surface area contributed by atoms with Gasteiger partial charge >= 0.3 is 12.4 Å². The van der Waals surface area contributed by atoms with E-state index in [4.69, 9.17) is 16.3 Å². The van der Waals surface area contributed by atoms with Crippen molar-refractivity contribution in [3.8, 4) is 28.3 Å². The topological polar surface area (TPSA) is 115 Å². The third kappa shape index (κ3) is 12.0. The molecule has 57 heavy (non-hydrogen) atoms. The number of H-pyrrole nitrogens is 1. The van der Waals surface area contributed by atoms with Gasteiger partial charge in [0.25, 0.3) is 0 Å². The summed E-state index contributed by atoms with van der Waals surface area (Å²) in [4.78, 5) is 34.5. The van der Waals surface area contributed by atoms with Crippen molar-refractivity contribution in [2.24, 2.45) is 0 Å². The lowest BCUT2D eigenvalue weighted by molar-refractivity contribution is -0.142. The van der Waals surface area contributed by atoms with E-state index in [1.54, 1.807) is 35.4 Å². The van der Waals surface area contributed by atoms with Gasteiger partial charge in [0, 0.05) is 34.4 Å². The Labute approximate surface area is 319 Å². The van der Waals surface area contributed by atoms with Crippen molar-refractivity contribution < 1.29 is 58.2 Å². The van der Waals surface area contributed by atoms with E-state index in [9.17, 15) is 58.3 Å². The minimum atomic E-state index is -4.80. The summed E-state index contributed by atoms with van der Waals surface area (Å²) in [5, 5.41) is 11.4. The molecule has 0 radical (unpaired) electrons. The lowest BCUT2D eigenvalue weighted by Crippen LogP contribution is -2.17. The van der Waals surface area contributed by atoms with Crippen molar-refractivity contribution in [1.82, 2.24) is 20.4 Å². The Bertz CT molecular complexity index is 2400. The van der Waals surface area contributed by atoms with Gasteiger partial charge in [-0.2, -0.15) is 31.4 Å². The van der Waals surface area contributed by atoms with Crippen molar-refractivity contribution in [2.75, 3.05) is 12.5 Å². The molecule has 4 aromatic carbocycles. The molecular formula is C38H23ClF10N4O4. The molecule has 0 fully saturated rings. The summed E-state index contributed by atoms with van der Waals surface area (Å²) >= 11 is 5.34. The highest BCUT2D eigenvalue weighted by Crippen LogP contribution is 2.34. The second-order valence-corrected chi connectivity index (χ2v) is 11.5. The molecule has 2 aromatic heterocycles. The normalized spacial score (nSPS) is 11.1. The number of rotatable bonds is 8. The SMILES string of the molecule is O=C(CCl)c1ccccc1.O=C(COc1cc(C(F)(F)F)nnc1-c1ccc(F)c(F)c1)c1ccccc1.O=c1cc(C(F)(F)F)[nH]nc1-c1ccc(F)c(F)c1. The van der Waals surface area contributed by atoms with E-state index in [1.807, 2.05) is 18.2 Å². The predicted molar refractivity (Wildman–Crippen MR) is 185 cm³/mol. The maximum atomic E-state index is 13.5. The number of ether oxygens (including phenoxy) is 1. The summed E-state index contributed by atoms with van der Waals surface area (Å²) in [6.07, 6.45) is -9.54. The standard InChI is InChI=1S/C19H11F5N2O2.C11H5F5N2O.C8H7ClO/c20-13-7-6-12(8-14(13)21)18-16(9-17(25-26-18)19(22,23)24)28-10-15(27)11-4-2-1-3-5-11;12-6-2-1-5(3-7(6)13)10-8(19)4-9(17-18-10)11(14,15)16;9-6-8(10)7-4-2-1-3-5-7/h1-9H,10H2;1-4H,(H,17,19);1-5H,6H2. The first-order valence-electron chi connectivity index (χ1n) is 15.8. The van der Waals surface area contributed by atoms with Crippen LogP contribution >= 0.6 is 11.6 Å². The van der Waals surface area contributed by atoms with E-state index in [0.29, 0.717) is 29.3 Å². The molecule has 0 amide bonds. The van der Waals surface area contributed by atoms with Gasteiger partial charge in [-0.1, -0.05) is 60.7 Å². The maximum Gasteiger partial charge on any atom is 0.435 e. The third-order valence-electron chi connectivity index (χ3n) is 7.21. The molecule has 296 valence electrons. The zero-order valence-corrected chi connectivity index (χ0v) is 29.2. The number of benzene rings is 4. The molecule has 2 heterocycles. The van der Waals surface area contributed by atoms with Crippen LogP contribution in [0.2, 0.25) is 0 Å². The van der Waals surface area contributed by atoms with Crippen LogP contribution in [0.3, 0.4) is 0 Å². The summed E-state index contributed by atoms with van der Waals surface area (Å²) in [6.45, 7) is -0.580. The van der Waals surface area contributed by atoms with E-state index in [-0.39, 0.29) is 28.5 Å². The van der Waals surface area contributed by atoms with E-state index in [2.05, 4.69) is 15.3 Å². The van der Waals surface area contributed by atoms with Gasteiger partial charge in [-0.05, 0) is 36.4 Å². The van der Waals surface area contributed by atoms with Gasteiger partial charge in [-0.3, -0.25) is 19.5 Å². The Morgan fingerprint density at radius 2 is 1.12 bits per heavy atom. The van der Waals surface area contributed by atoms with Crippen molar-refractivity contribution in [3.05, 3.63) is 165 Å². The fourth-order valence-corrected chi connectivity index (χ4v) is 4.57. The Morgan fingerprint density at radius 1 is 0.614 bits per heavy atom. The van der Waals surface area contributed by atoms with E-state index < -0.39 is 76.3 Å². The van der Waals surface area contributed by atoms with Gasteiger partial charge < -0.3 is 4.74 Å². The molecule has 0 aliphatic rings. The number of aromatic nitrogens is 4. The zero-order valence-electron chi connectivity index (χ0n) is 28.4. The van der Waals surface area contributed by atoms with Crippen molar-refractivity contribution in [3.63, 3.8) is 0 Å². The number of halogens is 11. The van der Waals surface area contributed by atoms with Gasteiger partial charge in [0.1, 0.15) is 22.8 Å². The smallest absolute Gasteiger partial charge is 0.435 e. The van der Waals surface area contributed by atoms with Crippen LogP contribution in [-0.2, 0) is 12.4 Å². The van der Waals surface area contributed by atoms with Crippen molar-refractivity contribution in [2.45, 2.75) is 12.4 Å². The Kier molecular flexibility index (Phi) is 14.4. The third-order valence-corrected chi connectivity index (χ3v) is 7.45. The maximum absolute atomic E-state index is 13.5. The lowest BCUT2D eigenvalue weighted by atomic mass is 10.1. The average Bonchev–Trinajstić information content (AvgIpc) is 3.19. The van der Waals surface area contributed by atoms with Crippen LogP contribution in [0, 0.1) is 23.3 Å². The minimum absolute atomic E-state index is 0.0257. The molecule has 0 aliphatic heterocycles. The number of nitrogens with zero attached hydrogens (tertiary/aromatic N) is 3. The molecule has 6 aromatic rings. The molecule has 0 saturated heterocycles. The van der Waals surface area contributed by atoms with Crippen molar-refractivity contribution >= 4 is 23.2 Å². The summed E-state index contributed by atoms with van der Waals surface area (Å²) in [7, 11) is 0. The van der Waals surface area contributed by atoms with Gasteiger partial charge in [0.05, 0.1) is 5.88 Å². The first-order chi connectivity index (χ1) is 26.9. The highest BCUT2D eigenvalue weighted by atomic mass is 35.5. The quantitative estimate of drug-likeness (QED) is 0.0924. The largest absolute Gasteiger partial charge is 0.483 e. The summed E-state index contributed by atoms with van der Waals surface area (Å²) < 4.78 is 133. The lowest BCUT2D eigenvalue weighted by Gasteiger charge is -2.13. The number of carbonyl (C=O) groups excluding carboxylic acids is 2. The molecule has 0 atom stereocenters. The van der Waals surface area contributed by atoms with Crippen LogP contribution in [-0.4, -0.2) is 44.4 Å². The number of nitrogens with one attached hydrogen (secondary N) is 1. The zero-order chi connectivity index (χ0) is 41.9. The van der Waals surface area contributed by atoms with Gasteiger partial charge in [-0.25, -0.2) is 17.6 Å². The van der Waals surface area contributed by atoms with E-state index in [1.165, 1.54) is 12.1 Å². The second-order valence-electron chi connectivity index (χ2n) is 11.2. The van der Waals surface area contributed by atoms with Crippen LogP contribution in [0.1, 0.15) is 32.1 Å². The molecule has 19 heteroatoms. The average molecular weight is 825 g/mol. The van der Waals surface area contributed by atoms with Crippen molar-refractivity contribution in [1.29, 1.82) is 0 Å². The minimum Gasteiger partial charge on any atom is -0.483 e. The molecule has 0 unspecified atom stereocenters. The van der Waals surface area contributed by atoms with E-state index in [0.717, 1.165) is 30.3 Å². The summed E-state index contributed by atoms with van der Waals surface area (Å²) in [6, 6.07) is 23.0. The molecule has 0 spiro atoms. The summed E-state index contributed by atoms with van der Waals surface area (Å²) in [5.74, 6) is -5.59. The highest BCUT2D eigenvalue weighted by molar-refractivity contribution is 6.30. The van der Waals surface area contributed by atoms with Crippen LogP contribution in [0.5, 0.6) is 5.75 Å². The molecule has 8 nitrogen and oxygen atoms in total. The first kappa shape index (κ1) is 43.3. The number of Topliss-reactive ketones (excluding diaryl/α,β-unsaturated/α-hetero) is 2. The highest BCUT2D eigenvalue weighted by Gasteiger charge is 2.35. The van der Waals surface area contributed by atoms with Gasteiger partial charge in [0.15, 0.2) is 47.1 Å². The second kappa shape index (κ2) is 18.9. The molecule has 0 saturated carbocycles. The van der Waals surface area contributed by atoms with Crippen LogP contribution in [0.4, 0.5) is 43.9 Å². The molecular weight excluding hydrogens is 802 g/mol. The molecule has 1 N–H and O–H groups in total. The molecule has 0 bridgehead atoms. The number of carbonyl (C=O) groups is 2. The predicted octanol–water partition coefficient (Wildman–Crippen LogP) is 9.54. The van der Waals surface area contributed by atoms with Gasteiger partial charge in [0.2, 0.25) is 5.43 Å². The van der Waals surface area contributed by atoms with E-state index >= 15 is 0 Å². The monoisotopic (exact) mass is 824 g/mol. The first-order valence-corrected chi connectivity index (χ1v) is 16.3. The van der Waals surface area contributed by atoms with Crippen LogP contribution < -0.4 is 10.2 Å². The number of hydrogen-bond donors (Lipinski definition) is 1. The molecule has 6 rings (SSSR count). The Morgan fingerprint density at radius 3 is 1.58 bits per heavy atom. The number of alkyl halides is 7. The van der Waals surface area contributed by atoms with Gasteiger partial charge in [-0.15, -0.1) is 21.8 Å². The Hall–Kier alpha value is -6.43. The van der Waals surface area contributed by atoms with Crippen LogP contribution in [0.25, 0.3) is 22.5 Å². The number of ketones is 2.